The first-order chi connectivity index (χ1) is 15.8. The molecule has 2 heteroatoms. The molecule has 156 valence electrons. The quantitative estimate of drug-likeness (QED) is 0.240. The van der Waals surface area contributed by atoms with Crippen molar-refractivity contribution < 1.29 is 0 Å². The Morgan fingerprint density at radius 2 is 1.09 bits per heavy atom. The number of nitrogens with zero attached hydrogens (tertiary/aromatic N) is 1. The predicted molar refractivity (Wildman–Crippen MR) is 138 cm³/mol. The van der Waals surface area contributed by atoms with Crippen molar-refractivity contribution in [1.29, 1.82) is 5.26 Å². The molecule has 0 atom stereocenters. The van der Waals surface area contributed by atoms with Crippen LogP contribution in [0.3, 0.4) is 0 Å². The van der Waals surface area contributed by atoms with E-state index < -0.39 is 7.26 Å². The second-order valence-corrected chi connectivity index (χ2v) is 11.3. The van der Waals surface area contributed by atoms with Gasteiger partial charge in [-0.2, -0.15) is 5.26 Å². The van der Waals surface area contributed by atoms with Gasteiger partial charge in [-0.3, -0.25) is 0 Å². The second kappa shape index (κ2) is 10.7. The van der Waals surface area contributed by atoms with Gasteiger partial charge in [-0.1, -0.05) is 91.0 Å². The molecule has 0 spiro atoms. The maximum atomic E-state index is 8.76. The van der Waals surface area contributed by atoms with E-state index in [1.807, 2.05) is 6.08 Å². The summed E-state index contributed by atoms with van der Waals surface area (Å²) in [6, 6.07) is 44.1. The monoisotopic (exact) mass is 432 g/mol. The van der Waals surface area contributed by atoms with Crippen LogP contribution < -0.4 is 15.9 Å². The van der Waals surface area contributed by atoms with Gasteiger partial charge in [0.1, 0.15) is 23.2 Å². The van der Waals surface area contributed by atoms with Gasteiger partial charge < -0.3 is 0 Å². The predicted octanol–water partition coefficient (Wildman–Crippen LogP) is 6.19. The number of hydrogen-bond donors (Lipinski definition) is 0. The Balaban J connectivity index is 1.83. The smallest absolute Gasteiger partial charge is 0.116 e. The minimum Gasteiger partial charge on any atom is -0.198 e. The number of rotatable bonds is 8. The fourth-order valence-corrected chi connectivity index (χ4v) is 8.48. The van der Waals surface area contributed by atoms with Crippen LogP contribution in [-0.4, -0.2) is 0 Å². The van der Waals surface area contributed by atoms with Gasteiger partial charge in [0.15, 0.2) is 0 Å². The topological polar surface area (TPSA) is 23.8 Å². The first-order valence-corrected chi connectivity index (χ1v) is 12.9. The average molecular weight is 433 g/mol. The van der Waals surface area contributed by atoms with E-state index in [1.54, 1.807) is 0 Å². The highest BCUT2D eigenvalue weighted by Gasteiger charge is 2.45. The third kappa shape index (κ3) is 4.88. The van der Waals surface area contributed by atoms with E-state index in [4.69, 9.17) is 5.26 Å². The summed E-state index contributed by atoms with van der Waals surface area (Å²) in [4.78, 5) is 0. The van der Waals surface area contributed by atoms with Crippen molar-refractivity contribution in [3.05, 3.63) is 139 Å². The first kappa shape index (κ1) is 21.8. The molecule has 4 aromatic carbocycles. The number of allylic oxidation sites excluding steroid dienone is 2. The van der Waals surface area contributed by atoms with Gasteiger partial charge in [-0.05, 0) is 53.9 Å². The van der Waals surface area contributed by atoms with Crippen molar-refractivity contribution in [3.63, 3.8) is 0 Å². The van der Waals surface area contributed by atoms with E-state index in [-0.39, 0.29) is 0 Å². The molecular weight excluding hydrogens is 405 g/mol. The van der Waals surface area contributed by atoms with Crippen molar-refractivity contribution in [3.8, 4) is 6.07 Å². The van der Waals surface area contributed by atoms with Crippen LogP contribution in [0.4, 0.5) is 0 Å². The molecule has 4 aromatic rings. The Labute approximate surface area is 192 Å². The van der Waals surface area contributed by atoms with E-state index in [1.165, 1.54) is 27.0 Å². The molecule has 0 N–H and O–H groups in total. The summed E-state index contributed by atoms with van der Waals surface area (Å²) in [5.74, 6) is 0. The van der Waals surface area contributed by atoms with E-state index in [9.17, 15) is 0 Å². The normalized spacial score (nSPS) is 11.3. The summed E-state index contributed by atoms with van der Waals surface area (Å²) in [5, 5.41) is 13.0. The van der Waals surface area contributed by atoms with Gasteiger partial charge in [0.05, 0.1) is 18.7 Å². The molecular formula is C30H27NP+. The van der Waals surface area contributed by atoms with Crippen LogP contribution in [0, 0.1) is 11.3 Å². The lowest BCUT2D eigenvalue weighted by molar-refractivity contribution is 1.22. The zero-order chi connectivity index (χ0) is 22.1. The molecule has 4 rings (SSSR count). The van der Waals surface area contributed by atoms with Crippen molar-refractivity contribution in [2.75, 3.05) is 0 Å². The molecule has 0 aliphatic heterocycles. The minimum absolute atomic E-state index is 0.463. The molecule has 0 aromatic heterocycles. The van der Waals surface area contributed by atoms with Crippen molar-refractivity contribution >= 4 is 23.2 Å². The Morgan fingerprint density at radius 1 is 0.594 bits per heavy atom. The molecule has 0 amide bonds. The zero-order valence-corrected chi connectivity index (χ0v) is 19.0. The Kier molecular flexibility index (Phi) is 7.29. The number of benzene rings is 4. The average Bonchev–Trinajstić information content (AvgIpc) is 2.87. The van der Waals surface area contributed by atoms with Gasteiger partial charge in [-0.25, -0.2) is 0 Å². The summed E-state index contributed by atoms with van der Waals surface area (Å²) in [6.45, 7) is 0. The van der Waals surface area contributed by atoms with Crippen LogP contribution in [0.2, 0.25) is 0 Å². The van der Waals surface area contributed by atoms with Gasteiger partial charge in [0, 0.05) is 0 Å². The molecule has 0 saturated carbocycles. The third-order valence-corrected chi connectivity index (χ3v) is 10.1. The fraction of sp³-hybridized carbons (Fsp3) is 0.100. The lowest BCUT2D eigenvalue weighted by Crippen LogP contribution is -2.32. The van der Waals surface area contributed by atoms with Gasteiger partial charge in [0.25, 0.3) is 0 Å². The summed E-state index contributed by atoms with van der Waals surface area (Å²) >= 11 is 0. The van der Waals surface area contributed by atoms with Crippen molar-refractivity contribution in [2.24, 2.45) is 0 Å². The van der Waals surface area contributed by atoms with Gasteiger partial charge in [0.2, 0.25) is 0 Å². The van der Waals surface area contributed by atoms with E-state index in [2.05, 4.69) is 127 Å². The summed E-state index contributed by atoms with van der Waals surface area (Å²) in [6.07, 6.45) is 6.33. The van der Waals surface area contributed by atoms with Crippen LogP contribution in [0.15, 0.2) is 127 Å². The van der Waals surface area contributed by atoms with Crippen molar-refractivity contribution in [2.45, 2.75) is 19.0 Å². The zero-order valence-electron chi connectivity index (χ0n) is 18.1. The molecule has 0 saturated heterocycles. The largest absolute Gasteiger partial charge is 0.198 e. The SMILES string of the molecule is N#CCC=CCc1cccc(C[P+](c2ccccc2)(c2ccccc2)c2ccccc2)c1. The molecule has 0 aliphatic carbocycles. The molecule has 0 heterocycles. The molecule has 0 radical (unpaired) electrons. The first-order valence-electron chi connectivity index (χ1n) is 11.0. The molecule has 0 bridgehead atoms. The maximum Gasteiger partial charge on any atom is 0.116 e. The lowest BCUT2D eigenvalue weighted by Gasteiger charge is -2.28. The second-order valence-electron chi connectivity index (χ2n) is 7.83. The Bertz CT molecular complexity index is 1100. The molecule has 0 fully saturated rings. The van der Waals surface area contributed by atoms with Crippen molar-refractivity contribution in [1.82, 2.24) is 0 Å². The lowest BCUT2D eigenvalue weighted by atomic mass is 10.1. The van der Waals surface area contributed by atoms with Crippen LogP contribution >= 0.6 is 7.26 Å². The molecule has 32 heavy (non-hydrogen) atoms. The highest BCUT2D eigenvalue weighted by atomic mass is 31.2. The minimum atomic E-state index is -1.89. The van der Waals surface area contributed by atoms with Crippen LogP contribution in [0.25, 0.3) is 0 Å². The van der Waals surface area contributed by atoms with Gasteiger partial charge in [-0.15, -0.1) is 0 Å². The molecule has 0 aliphatic rings. The fourth-order valence-electron chi connectivity index (χ4n) is 4.25. The van der Waals surface area contributed by atoms with Gasteiger partial charge >= 0.3 is 0 Å². The standard InChI is InChI=1S/C30H27NP/c31-23-12-4-5-14-26-15-13-16-27(24-26)25-32(28-17-6-1-7-18-28,29-19-8-2-9-20-29)30-21-10-3-11-22-30/h1-11,13,15-22,24H,12,14,25H2/q+1. The number of nitriles is 1. The third-order valence-electron chi connectivity index (χ3n) is 5.73. The van der Waals surface area contributed by atoms with Crippen LogP contribution in [0.5, 0.6) is 0 Å². The van der Waals surface area contributed by atoms with Crippen LogP contribution in [-0.2, 0) is 12.6 Å². The Hall–Kier alpha value is -3.46. The highest BCUT2D eigenvalue weighted by molar-refractivity contribution is 7.95. The van der Waals surface area contributed by atoms with Crippen LogP contribution in [0.1, 0.15) is 17.5 Å². The molecule has 1 nitrogen and oxygen atoms in total. The highest BCUT2D eigenvalue weighted by Crippen LogP contribution is 2.58. The van der Waals surface area contributed by atoms with E-state index in [0.717, 1.165) is 12.6 Å². The summed E-state index contributed by atoms with van der Waals surface area (Å²) < 4.78 is 0. The number of hydrogen-bond acceptors (Lipinski definition) is 1. The van der Waals surface area contributed by atoms with E-state index in [0.29, 0.717) is 6.42 Å². The van der Waals surface area contributed by atoms with E-state index >= 15 is 0 Å². The Morgan fingerprint density at radius 3 is 1.59 bits per heavy atom. The summed E-state index contributed by atoms with van der Waals surface area (Å²) in [5.41, 5.74) is 2.63. The molecule has 0 unspecified atom stereocenters. The summed E-state index contributed by atoms with van der Waals surface area (Å²) in [7, 11) is -1.89. The maximum absolute atomic E-state index is 8.76.